The van der Waals surface area contributed by atoms with Crippen LogP contribution in [0.5, 0.6) is 0 Å². The molecule has 1 spiro atoms. The average Bonchev–Trinajstić information content (AvgIpc) is 3.06. The molecule has 0 atom stereocenters. The molecule has 1 aliphatic heterocycles. The maximum Gasteiger partial charge on any atom is 0.418 e. The Kier molecular flexibility index (Phi) is 2.01. The van der Waals surface area contributed by atoms with Gasteiger partial charge in [0.2, 0.25) is 5.91 Å². The number of halogens is 3. The Morgan fingerprint density at radius 3 is 2.56 bits per heavy atom. The predicted molar refractivity (Wildman–Crippen MR) is 60.4 cm³/mol. The molecule has 96 valence electrons. The molecule has 1 amide bonds. The molecule has 0 radical (unpaired) electrons. The van der Waals surface area contributed by atoms with Crippen LogP contribution in [0.2, 0.25) is 0 Å². The summed E-state index contributed by atoms with van der Waals surface area (Å²) in [6, 6.07) is 3.95. The van der Waals surface area contributed by atoms with Gasteiger partial charge < -0.3 is 10.2 Å². The fourth-order valence-corrected chi connectivity index (χ4v) is 2.48. The van der Waals surface area contributed by atoms with Crippen molar-refractivity contribution in [3.63, 3.8) is 0 Å². The van der Waals surface area contributed by atoms with E-state index in [-0.39, 0.29) is 11.6 Å². The SMILES string of the molecule is CN1c2cccc(C(F)(F)F)c2NC(=O)C12CC2. The van der Waals surface area contributed by atoms with Gasteiger partial charge in [-0.05, 0) is 25.0 Å². The molecule has 1 fully saturated rings. The average molecular weight is 256 g/mol. The van der Waals surface area contributed by atoms with E-state index >= 15 is 0 Å². The van der Waals surface area contributed by atoms with E-state index in [1.165, 1.54) is 6.07 Å². The van der Waals surface area contributed by atoms with Crippen LogP contribution in [0.1, 0.15) is 18.4 Å². The summed E-state index contributed by atoms with van der Waals surface area (Å²) in [6.45, 7) is 0. The van der Waals surface area contributed by atoms with Crippen LogP contribution >= 0.6 is 0 Å². The molecule has 0 saturated heterocycles. The lowest BCUT2D eigenvalue weighted by atomic mass is 10.0. The molecule has 1 aromatic carbocycles. The third kappa shape index (κ3) is 1.34. The number of rotatable bonds is 0. The number of anilines is 2. The first-order valence-electron chi connectivity index (χ1n) is 5.62. The molecule has 1 heterocycles. The van der Waals surface area contributed by atoms with Crippen molar-refractivity contribution >= 4 is 17.3 Å². The molecule has 2 aliphatic rings. The van der Waals surface area contributed by atoms with Crippen LogP contribution in [0.3, 0.4) is 0 Å². The molecule has 1 saturated carbocycles. The van der Waals surface area contributed by atoms with E-state index < -0.39 is 17.3 Å². The highest BCUT2D eigenvalue weighted by Gasteiger charge is 2.57. The third-order valence-electron chi connectivity index (χ3n) is 3.74. The van der Waals surface area contributed by atoms with E-state index in [2.05, 4.69) is 5.32 Å². The zero-order valence-electron chi connectivity index (χ0n) is 9.64. The normalized spacial score (nSPS) is 20.7. The molecule has 0 bridgehead atoms. The van der Waals surface area contributed by atoms with Gasteiger partial charge in [-0.3, -0.25) is 4.79 Å². The van der Waals surface area contributed by atoms with Crippen LogP contribution in [0.25, 0.3) is 0 Å². The lowest BCUT2D eigenvalue weighted by molar-refractivity contribution is -0.137. The number of hydrogen-bond acceptors (Lipinski definition) is 2. The Morgan fingerprint density at radius 2 is 2.00 bits per heavy atom. The summed E-state index contributed by atoms with van der Waals surface area (Å²) < 4.78 is 38.6. The van der Waals surface area contributed by atoms with Crippen LogP contribution in [0.4, 0.5) is 24.5 Å². The van der Waals surface area contributed by atoms with Crippen molar-refractivity contribution in [2.24, 2.45) is 0 Å². The Hall–Kier alpha value is -1.72. The Bertz CT molecular complexity index is 535. The van der Waals surface area contributed by atoms with E-state index in [4.69, 9.17) is 0 Å². The van der Waals surface area contributed by atoms with Crippen LogP contribution < -0.4 is 10.2 Å². The Morgan fingerprint density at radius 1 is 1.33 bits per heavy atom. The van der Waals surface area contributed by atoms with Crippen LogP contribution in [-0.4, -0.2) is 18.5 Å². The van der Waals surface area contributed by atoms with Crippen LogP contribution in [-0.2, 0) is 11.0 Å². The second kappa shape index (κ2) is 3.18. The molecule has 1 aromatic rings. The number of hydrogen-bond donors (Lipinski definition) is 1. The first-order valence-corrected chi connectivity index (χ1v) is 5.62. The molecular formula is C12H11F3N2O. The summed E-state index contributed by atoms with van der Waals surface area (Å²) in [5.41, 5.74) is -1.12. The third-order valence-corrected chi connectivity index (χ3v) is 3.74. The fraction of sp³-hybridized carbons (Fsp3) is 0.417. The van der Waals surface area contributed by atoms with E-state index in [0.29, 0.717) is 18.5 Å². The molecule has 3 rings (SSSR count). The highest BCUT2D eigenvalue weighted by atomic mass is 19.4. The Balaban J connectivity index is 2.17. The molecule has 1 N–H and O–H groups in total. The van der Waals surface area contributed by atoms with Crippen LogP contribution in [0, 0.1) is 0 Å². The van der Waals surface area contributed by atoms with Crippen molar-refractivity contribution in [2.75, 3.05) is 17.3 Å². The second-order valence-electron chi connectivity index (χ2n) is 4.74. The summed E-state index contributed by atoms with van der Waals surface area (Å²) in [7, 11) is 1.67. The molecule has 1 aliphatic carbocycles. The van der Waals surface area contributed by atoms with Gasteiger partial charge in [-0.2, -0.15) is 13.2 Å². The van der Waals surface area contributed by atoms with Crippen molar-refractivity contribution in [3.8, 4) is 0 Å². The highest BCUT2D eigenvalue weighted by Crippen LogP contribution is 2.51. The topological polar surface area (TPSA) is 32.3 Å². The van der Waals surface area contributed by atoms with Gasteiger partial charge in [-0.1, -0.05) is 6.07 Å². The number of fused-ring (bicyclic) bond motifs is 1. The summed E-state index contributed by atoms with van der Waals surface area (Å²) in [4.78, 5) is 13.6. The minimum absolute atomic E-state index is 0.130. The maximum atomic E-state index is 12.9. The van der Waals surface area contributed by atoms with Crippen molar-refractivity contribution in [1.82, 2.24) is 0 Å². The number of amides is 1. The van der Waals surface area contributed by atoms with E-state index in [1.54, 1.807) is 18.0 Å². The number of carbonyl (C=O) groups is 1. The largest absolute Gasteiger partial charge is 0.418 e. The minimum Gasteiger partial charge on any atom is -0.358 e. The van der Waals surface area contributed by atoms with Gasteiger partial charge in [-0.15, -0.1) is 0 Å². The van der Waals surface area contributed by atoms with Gasteiger partial charge in [0.25, 0.3) is 0 Å². The number of carbonyl (C=O) groups excluding carboxylic acids is 1. The zero-order valence-corrected chi connectivity index (χ0v) is 9.64. The highest BCUT2D eigenvalue weighted by molar-refractivity contribution is 6.09. The number of benzene rings is 1. The first kappa shape index (κ1) is 11.4. The molecule has 0 unspecified atom stereocenters. The van der Waals surface area contributed by atoms with Gasteiger partial charge in [0, 0.05) is 7.05 Å². The zero-order chi connectivity index (χ0) is 13.1. The van der Waals surface area contributed by atoms with E-state index in [0.717, 1.165) is 6.07 Å². The molecule has 18 heavy (non-hydrogen) atoms. The second-order valence-corrected chi connectivity index (χ2v) is 4.74. The number of para-hydroxylation sites is 1. The quantitative estimate of drug-likeness (QED) is 0.774. The summed E-state index contributed by atoms with van der Waals surface area (Å²) >= 11 is 0. The molecular weight excluding hydrogens is 245 g/mol. The summed E-state index contributed by atoms with van der Waals surface area (Å²) in [5.74, 6) is -0.339. The van der Waals surface area contributed by atoms with Gasteiger partial charge in [0.05, 0.1) is 16.9 Å². The lowest BCUT2D eigenvalue weighted by Gasteiger charge is -2.36. The predicted octanol–water partition coefficient (Wildman–Crippen LogP) is 2.63. The number of nitrogens with zero attached hydrogens (tertiary/aromatic N) is 1. The number of alkyl halides is 3. The van der Waals surface area contributed by atoms with Gasteiger partial charge >= 0.3 is 6.18 Å². The van der Waals surface area contributed by atoms with Crippen molar-refractivity contribution < 1.29 is 18.0 Å². The Labute approximate surface area is 102 Å². The van der Waals surface area contributed by atoms with Gasteiger partial charge in [0.15, 0.2) is 0 Å². The standard InChI is InChI=1S/C12H11F3N2O/c1-17-8-4-2-3-7(12(13,14)15)9(8)16-10(18)11(17)5-6-11/h2-4H,5-6H2,1H3,(H,16,18). The van der Waals surface area contributed by atoms with Crippen molar-refractivity contribution in [1.29, 1.82) is 0 Å². The van der Waals surface area contributed by atoms with Gasteiger partial charge in [-0.25, -0.2) is 0 Å². The number of likely N-dealkylation sites (N-methyl/N-ethyl adjacent to an activating group) is 1. The summed E-state index contributed by atoms with van der Waals surface area (Å²) in [5, 5.41) is 2.42. The monoisotopic (exact) mass is 256 g/mol. The van der Waals surface area contributed by atoms with Crippen LogP contribution in [0.15, 0.2) is 18.2 Å². The fourth-order valence-electron chi connectivity index (χ4n) is 2.48. The van der Waals surface area contributed by atoms with Crippen molar-refractivity contribution in [2.45, 2.75) is 24.6 Å². The summed E-state index contributed by atoms with van der Waals surface area (Å²) in [6.07, 6.45) is -3.09. The van der Waals surface area contributed by atoms with E-state index in [1.807, 2.05) is 0 Å². The van der Waals surface area contributed by atoms with E-state index in [9.17, 15) is 18.0 Å². The molecule has 0 aromatic heterocycles. The maximum absolute atomic E-state index is 12.9. The minimum atomic E-state index is -4.46. The lowest BCUT2D eigenvalue weighted by Crippen LogP contribution is -2.48. The van der Waals surface area contributed by atoms with Gasteiger partial charge in [0.1, 0.15) is 5.54 Å². The smallest absolute Gasteiger partial charge is 0.358 e. The first-order chi connectivity index (χ1) is 8.36. The number of nitrogens with one attached hydrogen (secondary N) is 1. The molecule has 3 nitrogen and oxygen atoms in total. The van der Waals surface area contributed by atoms with Crippen molar-refractivity contribution in [3.05, 3.63) is 23.8 Å². The molecule has 6 heteroatoms.